The van der Waals surface area contributed by atoms with Crippen molar-refractivity contribution >= 4 is 33.4 Å². The molecule has 1 rings (SSSR count). The van der Waals surface area contributed by atoms with Gasteiger partial charge in [-0.1, -0.05) is 0 Å². The fourth-order valence-electron chi connectivity index (χ4n) is 2.21. The van der Waals surface area contributed by atoms with Crippen LogP contribution in [0, 0.1) is 0 Å². The molecule has 0 saturated carbocycles. The van der Waals surface area contributed by atoms with Crippen LogP contribution in [0.1, 0.15) is 34.6 Å². The third-order valence-electron chi connectivity index (χ3n) is 3.52. The molecule has 1 aromatic rings. The van der Waals surface area contributed by atoms with Gasteiger partial charge in [0.2, 0.25) is 27.7 Å². The molecule has 1 unspecified atom stereocenters. The summed E-state index contributed by atoms with van der Waals surface area (Å²) >= 11 is 0. The third-order valence-corrected chi connectivity index (χ3v) is 5.34. The van der Waals surface area contributed by atoms with E-state index in [1.54, 1.807) is 0 Å². The molecule has 0 heterocycles. The van der Waals surface area contributed by atoms with E-state index in [1.165, 1.54) is 45.2 Å². The molecule has 0 bridgehead atoms. The van der Waals surface area contributed by atoms with Crippen molar-refractivity contribution in [3.05, 3.63) is 24.3 Å². The van der Waals surface area contributed by atoms with Crippen LogP contribution in [0.2, 0.25) is 0 Å². The number of nitrogens with zero attached hydrogens (tertiary/aromatic N) is 1. The highest BCUT2D eigenvalue weighted by Gasteiger charge is 2.25. The summed E-state index contributed by atoms with van der Waals surface area (Å²) in [6.45, 7) is 7.88. The number of benzene rings is 1. The molecule has 0 radical (unpaired) electrons. The average Bonchev–Trinajstić information content (AvgIpc) is 2.52. The van der Waals surface area contributed by atoms with Crippen molar-refractivity contribution in [2.45, 2.75) is 51.1 Å². The maximum atomic E-state index is 12.6. The summed E-state index contributed by atoms with van der Waals surface area (Å²) in [6.07, 6.45) is 0. The van der Waals surface area contributed by atoms with Crippen LogP contribution in [0.3, 0.4) is 0 Å². The number of rotatable bonds is 7. The Labute approximate surface area is 165 Å². The Bertz CT molecular complexity index is 829. The molecular formula is C18H28N4O5S. The minimum absolute atomic E-state index is 0.0181. The van der Waals surface area contributed by atoms with Crippen LogP contribution in [-0.4, -0.2) is 55.6 Å². The zero-order valence-corrected chi connectivity index (χ0v) is 17.8. The van der Waals surface area contributed by atoms with Crippen molar-refractivity contribution < 1.29 is 22.8 Å². The van der Waals surface area contributed by atoms with E-state index in [2.05, 4.69) is 16.0 Å². The van der Waals surface area contributed by atoms with Crippen LogP contribution in [-0.2, 0) is 24.4 Å². The quantitative estimate of drug-likeness (QED) is 0.608. The minimum Gasteiger partial charge on any atom is -0.350 e. The summed E-state index contributed by atoms with van der Waals surface area (Å²) in [5, 5.41) is 7.76. The number of carbonyl (C=O) groups excluding carboxylic acids is 3. The van der Waals surface area contributed by atoms with E-state index in [9.17, 15) is 22.8 Å². The third kappa shape index (κ3) is 7.28. The summed E-state index contributed by atoms with van der Waals surface area (Å²) < 4.78 is 26.1. The number of sulfonamides is 1. The van der Waals surface area contributed by atoms with Crippen LogP contribution in [0.15, 0.2) is 29.2 Å². The molecule has 0 aromatic heterocycles. The molecule has 0 aliphatic rings. The lowest BCUT2D eigenvalue weighted by Crippen LogP contribution is -2.52. The fourth-order valence-corrected chi connectivity index (χ4v) is 3.34. The van der Waals surface area contributed by atoms with Gasteiger partial charge in [-0.25, -0.2) is 8.42 Å². The largest absolute Gasteiger partial charge is 0.350 e. The van der Waals surface area contributed by atoms with E-state index < -0.39 is 34.1 Å². The van der Waals surface area contributed by atoms with Gasteiger partial charge in [-0.3, -0.25) is 14.4 Å². The van der Waals surface area contributed by atoms with Crippen LogP contribution in [0.5, 0.6) is 0 Å². The highest BCUT2D eigenvalue weighted by atomic mass is 32.2. The Kier molecular flexibility index (Phi) is 7.71. The predicted octanol–water partition coefficient (Wildman–Crippen LogP) is 0.685. The first-order valence-corrected chi connectivity index (χ1v) is 10.1. The number of anilines is 1. The van der Waals surface area contributed by atoms with Gasteiger partial charge in [0.25, 0.3) is 0 Å². The van der Waals surface area contributed by atoms with Gasteiger partial charge in [0.1, 0.15) is 6.04 Å². The number of hydrogen-bond acceptors (Lipinski definition) is 5. The van der Waals surface area contributed by atoms with Crippen molar-refractivity contribution in [1.29, 1.82) is 0 Å². The lowest BCUT2D eigenvalue weighted by atomic mass is 10.1. The molecule has 28 heavy (non-hydrogen) atoms. The van der Waals surface area contributed by atoms with Crippen LogP contribution in [0.4, 0.5) is 5.69 Å². The SMILES string of the molecule is CC(=O)Nc1ccc(S(=O)(=O)N(C)CC(=O)NC(C)C(=O)NC(C)(C)C)cc1. The zero-order chi connectivity index (χ0) is 21.7. The van der Waals surface area contributed by atoms with E-state index >= 15 is 0 Å². The molecule has 0 spiro atoms. The molecule has 0 aliphatic carbocycles. The topological polar surface area (TPSA) is 125 Å². The highest BCUT2D eigenvalue weighted by molar-refractivity contribution is 7.89. The molecule has 9 nitrogen and oxygen atoms in total. The normalized spacial score (nSPS) is 13.0. The molecule has 156 valence electrons. The van der Waals surface area contributed by atoms with Gasteiger partial charge in [-0.2, -0.15) is 4.31 Å². The number of likely N-dealkylation sites (N-methyl/N-ethyl adjacent to an activating group) is 1. The Morgan fingerprint density at radius 2 is 1.64 bits per heavy atom. The van der Waals surface area contributed by atoms with Gasteiger partial charge in [-0.15, -0.1) is 0 Å². The highest BCUT2D eigenvalue weighted by Crippen LogP contribution is 2.17. The summed E-state index contributed by atoms with van der Waals surface area (Å²) in [7, 11) is -2.63. The van der Waals surface area contributed by atoms with Gasteiger partial charge in [-0.05, 0) is 52.0 Å². The molecular weight excluding hydrogens is 384 g/mol. The lowest BCUT2D eigenvalue weighted by molar-refractivity contribution is -0.129. The van der Waals surface area contributed by atoms with E-state index in [-0.39, 0.29) is 16.7 Å². The van der Waals surface area contributed by atoms with Crippen molar-refractivity contribution in [2.24, 2.45) is 0 Å². The second-order valence-corrected chi connectivity index (χ2v) is 9.54. The number of carbonyl (C=O) groups is 3. The van der Waals surface area contributed by atoms with Crippen molar-refractivity contribution in [3.8, 4) is 0 Å². The number of hydrogen-bond donors (Lipinski definition) is 3. The number of amides is 3. The van der Waals surface area contributed by atoms with Crippen molar-refractivity contribution in [3.63, 3.8) is 0 Å². The molecule has 0 aliphatic heterocycles. The van der Waals surface area contributed by atoms with Crippen molar-refractivity contribution in [1.82, 2.24) is 14.9 Å². The van der Waals surface area contributed by atoms with Gasteiger partial charge < -0.3 is 16.0 Å². The van der Waals surface area contributed by atoms with Crippen LogP contribution in [0.25, 0.3) is 0 Å². The maximum absolute atomic E-state index is 12.6. The fraction of sp³-hybridized carbons (Fsp3) is 0.500. The lowest BCUT2D eigenvalue weighted by Gasteiger charge is -2.24. The zero-order valence-electron chi connectivity index (χ0n) is 17.0. The molecule has 3 amide bonds. The average molecular weight is 413 g/mol. The minimum atomic E-state index is -3.90. The summed E-state index contributed by atoms with van der Waals surface area (Å²) in [6, 6.07) is 4.80. The predicted molar refractivity (Wildman–Crippen MR) is 106 cm³/mol. The molecule has 10 heteroatoms. The first-order valence-electron chi connectivity index (χ1n) is 8.68. The van der Waals surface area contributed by atoms with E-state index in [0.717, 1.165) is 4.31 Å². The molecule has 1 aromatic carbocycles. The summed E-state index contributed by atoms with van der Waals surface area (Å²) in [5.41, 5.74) is 0.0186. The van der Waals surface area contributed by atoms with Crippen LogP contribution >= 0.6 is 0 Å². The number of nitrogens with one attached hydrogen (secondary N) is 3. The van der Waals surface area contributed by atoms with E-state index in [4.69, 9.17) is 0 Å². The smallest absolute Gasteiger partial charge is 0.243 e. The van der Waals surface area contributed by atoms with Gasteiger partial charge >= 0.3 is 0 Å². The summed E-state index contributed by atoms with van der Waals surface area (Å²) in [5.74, 6) is -1.23. The molecule has 1 atom stereocenters. The second-order valence-electron chi connectivity index (χ2n) is 7.50. The Morgan fingerprint density at radius 3 is 2.11 bits per heavy atom. The van der Waals surface area contributed by atoms with E-state index in [1.807, 2.05) is 20.8 Å². The maximum Gasteiger partial charge on any atom is 0.243 e. The van der Waals surface area contributed by atoms with Crippen LogP contribution < -0.4 is 16.0 Å². The Morgan fingerprint density at radius 1 is 1.11 bits per heavy atom. The first-order chi connectivity index (χ1) is 12.7. The summed E-state index contributed by atoms with van der Waals surface area (Å²) in [4.78, 5) is 35.2. The monoisotopic (exact) mass is 412 g/mol. The van der Waals surface area contributed by atoms with E-state index in [0.29, 0.717) is 5.69 Å². The first kappa shape index (κ1) is 23.6. The molecule has 3 N–H and O–H groups in total. The Hall–Kier alpha value is -2.46. The Balaban J connectivity index is 2.74. The van der Waals surface area contributed by atoms with Crippen molar-refractivity contribution in [2.75, 3.05) is 18.9 Å². The molecule has 0 fully saturated rings. The van der Waals surface area contributed by atoms with Gasteiger partial charge in [0, 0.05) is 25.2 Å². The molecule has 0 saturated heterocycles. The van der Waals surface area contributed by atoms with Gasteiger partial charge in [0.05, 0.1) is 11.4 Å². The second kappa shape index (κ2) is 9.16. The standard InChI is InChI=1S/C18H28N4O5S/c1-12(17(25)21-18(3,4)5)19-16(24)11-22(6)28(26,27)15-9-7-14(8-10-15)20-13(2)23/h7-10,12H,11H2,1-6H3,(H,19,24)(H,20,23)(H,21,25). The van der Waals surface area contributed by atoms with Gasteiger partial charge in [0.15, 0.2) is 0 Å².